The summed E-state index contributed by atoms with van der Waals surface area (Å²) in [6.07, 6.45) is -0.0843. The monoisotopic (exact) mass is 485 g/mol. The molecule has 1 aliphatic heterocycles. The molecule has 0 saturated carbocycles. The van der Waals surface area contributed by atoms with E-state index in [2.05, 4.69) is 0 Å². The average Bonchev–Trinajstić information content (AvgIpc) is 3.02. The zero-order valence-corrected chi connectivity index (χ0v) is 20.1. The summed E-state index contributed by atoms with van der Waals surface area (Å²) in [5.41, 5.74) is 0.951. The van der Waals surface area contributed by atoms with E-state index in [1.807, 2.05) is 0 Å². The SMILES string of the molecule is CCOC(=O)CCC1(C)C(=O)N(Cc2ccc(F)cc2)C(c2ccc(F)cc2)=C1CC(=O)OCC. The van der Waals surface area contributed by atoms with Gasteiger partial charge < -0.3 is 14.4 Å². The summed E-state index contributed by atoms with van der Waals surface area (Å²) in [4.78, 5) is 40.1. The highest BCUT2D eigenvalue weighted by Crippen LogP contribution is 2.49. The minimum atomic E-state index is -1.21. The van der Waals surface area contributed by atoms with Crippen LogP contribution in [0.15, 0.2) is 54.1 Å². The van der Waals surface area contributed by atoms with Gasteiger partial charge in [-0.15, -0.1) is 0 Å². The average molecular weight is 486 g/mol. The van der Waals surface area contributed by atoms with Gasteiger partial charge in [-0.05, 0) is 80.3 Å². The van der Waals surface area contributed by atoms with Crippen molar-refractivity contribution < 1.29 is 32.6 Å². The first kappa shape index (κ1) is 26.1. The number of esters is 2. The summed E-state index contributed by atoms with van der Waals surface area (Å²) < 4.78 is 37.4. The fourth-order valence-electron chi connectivity index (χ4n) is 4.29. The van der Waals surface area contributed by atoms with Gasteiger partial charge >= 0.3 is 11.9 Å². The van der Waals surface area contributed by atoms with Gasteiger partial charge in [0.1, 0.15) is 11.6 Å². The summed E-state index contributed by atoms with van der Waals surface area (Å²) in [7, 11) is 0. The van der Waals surface area contributed by atoms with Crippen LogP contribution in [0.25, 0.3) is 5.70 Å². The van der Waals surface area contributed by atoms with Crippen LogP contribution >= 0.6 is 0 Å². The molecule has 0 aliphatic carbocycles. The zero-order chi connectivity index (χ0) is 25.6. The van der Waals surface area contributed by atoms with E-state index in [0.717, 1.165) is 0 Å². The van der Waals surface area contributed by atoms with Crippen molar-refractivity contribution >= 4 is 23.5 Å². The minimum Gasteiger partial charge on any atom is -0.466 e. The van der Waals surface area contributed by atoms with E-state index in [1.54, 1.807) is 32.9 Å². The summed E-state index contributed by atoms with van der Waals surface area (Å²) in [5, 5.41) is 0. The Morgan fingerprint density at radius 2 is 1.43 bits per heavy atom. The standard InChI is InChI=1S/C27H29F2NO5/c1-4-34-23(31)14-15-27(3)22(16-24(32)35-5-2)25(19-8-12-21(29)13-9-19)30(26(27)33)17-18-6-10-20(28)11-7-18/h6-13H,4-5,14-17H2,1-3H3. The first-order valence-corrected chi connectivity index (χ1v) is 11.6. The van der Waals surface area contributed by atoms with Crippen LogP contribution in [0.3, 0.4) is 0 Å². The van der Waals surface area contributed by atoms with Gasteiger partial charge in [-0.25, -0.2) is 8.78 Å². The molecule has 0 spiro atoms. The second-order valence-corrected chi connectivity index (χ2v) is 8.47. The van der Waals surface area contributed by atoms with Crippen LogP contribution in [-0.4, -0.2) is 36.0 Å². The molecular weight excluding hydrogens is 456 g/mol. The molecule has 0 radical (unpaired) electrons. The Bertz CT molecular complexity index is 1110. The predicted molar refractivity (Wildman–Crippen MR) is 125 cm³/mol. The first-order chi connectivity index (χ1) is 16.7. The van der Waals surface area contributed by atoms with Crippen molar-refractivity contribution in [2.75, 3.05) is 13.2 Å². The highest BCUT2D eigenvalue weighted by atomic mass is 19.1. The van der Waals surface area contributed by atoms with Crippen LogP contribution in [0.5, 0.6) is 0 Å². The summed E-state index contributed by atoms with van der Waals surface area (Å²) in [6, 6.07) is 11.4. The fourth-order valence-corrected chi connectivity index (χ4v) is 4.29. The molecule has 1 aliphatic rings. The number of amides is 1. The molecule has 3 rings (SSSR count). The molecule has 186 valence electrons. The third kappa shape index (κ3) is 5.93. The molecule has 2 aromatic rings. The van der Waals surface area contributed by atoms with Crippen molar-refractivity contribution in [2.24, 2.45) is 5.41 Å². The summed E-state index contributed by atoms with van der Waals surface area (Å²) >= 11 is 0. The second-order valence-electron chi connectivity index (χ2n) is 8.47. The maximum Gasteiger partial charge on any atom is 0.310 e. The third-order valence-electron chi connectivity index (χ3n) is 6.07. The number of carbonyl (C=O) groups excluding carboxylic acids is 3. The van der Waals surface area contributed by atoms with E-state index in [4.69, 9.17) is 9.47 Å². The lowest BCUT2D eigenvalue weighted by molar-refractivity contribution is -0.144. The molecule has 35 heavy (non-hydrogen) atoms. The number of carbonyl (C=O) groups is 3. The molecule has 8 heteroatoms. The van der Waals surface area contributed by atoms with Crippen LogP contribution < -0.4 is 0 Å². The van der Waals surface area contributed by atoms with Gasteiger partial charge in [0.15, 0.2) is 0 Å². The molecule has 0 bridgehead atoms. The Hall–Kier alpha value is -3.55. The maximum absolute atomic E-state index is 13.9. The van der Waals surface area contributed by atoms with E-state index in [0.29, 0.717) is 22.4 Å². The highest BCUT2D eigenvalue weighted by molar-refractivity contribution is 6.02. The molecule has 1 heterocycles. The summed E-state index contributed by atoms with van der Waals surface area (Å²) in [5.74, 6) is -2.12. The van der Waals surface area contributed by atoms with Crippen molar-refractivity contribution in [3.63, 3.8) is 0 Å². The van der Waals surface area contributed by atoms with Crippen molar-refractivity contribution in [3.8, 4) is 0 Å². The van der Waals surface area contributed by atoms with E-state index < -0.39 is 29.0 Å². The molecule has 6 nitrogen and oxygen atoms in total. The van der Waals surface area contributed by atoms with Crippen LogP contribution in [0.4, 0.5) is 8.78 Å². The third-order valence-corrected chi connectivity index (χ3v) is 6.07. The normalized spacial score (nSPS) is 17.6. The van der Waals surface area contributed by atoms with E-state index in [9.17, 15) is 23.2 Å². The Morgan fingerprint density at radius 1 is 0.886 bits per heavy atom. The summed E-state index contributed by atoms with van der Waals surface area (Å²) in [6.45, 7) is 5.57. The molecule has 0 N–H and O–H groups in total. The van der Waals surface area contributed by atoms with E-state index >= 15 is 0 Å². The Balaban J connectivity index is 2.13. The number of rotatable bonds is 10. The lowest BCUT2D eigenvalue weighted by Gasteiger charge is -2.27. The van der Waals surface area contributed by atoms with Gasteiger partial charge in [0.05, 0.1) is 37.3 Å². The van der Waals surface area contributed by atoms with Crippen LogP contribution in [-0.2, 0) is 30.4 Å². The molecule has 1 unspecified atom stereocenters. The number of nitrogens with zero attached hydrogens (tertiary/aromatic N) is 1. The van der Waals surface area contributed by atoms with Gasteiger partial charge in [0.2, 0.25) is 5.91 Å². The molecule has 0 fully saturated rings. The second kappa shape index (κ2) is 11.3. The molecule has 1 atom stereocenters. The highest BCUT2D eigenvalue weighted by Gasteiger charge is 2.50. The lowest BCUT2D eigenvalue weighted by Crippen LogP contribution is -2.35. The fraction of sp³-hybridized carbons (Fsp3) is 0.370. The molecule has 2 aromatic carbocycles. The Morgan fingerprint density at radius 3 is 2.00 bits per heavy atom. The number of hydrogen-bond donors (Lipinski definition) is 0. The Labute approximate surface area is 203 Å². The van der Waals surface area contributed by atoms with Crippen molar-refractivity contribution in [3.05, 3.63) is 76.9 Å². The zero-order valence-electron chi connectivity index (χ0n) is 20.1. The van der Waals surface area contributed by atoms with Gasteiger partial charge in [-0.1, -0.05) is 12.1 Å². The lowest BCUT2D eigenvalue weighted by atomic mass is 9.77. The molecular formula is C27H29F2NO5. The molecule has 0 aromatic heterocycles. The van der Waals surface area contributed by atoms with Crippen LogP contribution in [0.2, 0.25) is 0 Å². The predicted octanol–water partition coefficient (Wildman–Crippen LogP) is 5.02. The van der Waals surface area contributed by atoms with Crippen molar-refractivity contribution in [2.45, 2.75) is 46.6 Å². The quantitative estimate of drug-likeness (QED) is 0.442. The number of halogens is 2. The smallest absolute Gasteiger partial charge is 0.310 e. The van der Waals surface area contributed by atoms with Gasteiger partial charge in [0, 0.05) is 6.42 Å². The van der Waals surface area contributed by atoms with E-state index in [1.165, 1.54) is 41.3 Å². The van der Waals surface area contributed by atoms with Crippen LogP contribution in [0, 0.1) is 17.0 Å². The van der Waals surface area contributed by atoms with Gasteiger partial charge in [-0.2, -0.15) is 0 Å². The Kier molecular flexibility index (Phi) is 8.38. The van der Waals surface area contributed by atoms with E-state index in [-0.39, 0.29) is 44.9 Å². The maximum atomic E-state index is 13.9. The minimum absolute atomic E-state index is 0.0243. The first-order valence-electron chi connectivity index (χ1n) is 11.6. The number of ether oxygens (including phenoxy) is 2. The van der Waals surface area contributed by atoms with Crippen molar-refractivity contribution in [1.29, 1.82) is 0 Å². The topological polar surface area (TPSA) is 72.9 Å². The molecule has 0 saturated heterocycles. The number of hydrogen-bond acceptors (Lipinski definition) is 5. The van der Waals surface area contributed by atoms with Crippen molar-refractivity contribution in [1.82, 2.24) is 4.90 Å². The van der Waals surface area contributed by atoms with Gasteiger partial charge in [0.25, 0.3) is 0 Å². The number of benzene rings is 2. The van der Waals surface area contributed by atoms with Crippen LogP contribution in [0.1, 0.15) is 51.2 Å². The molecule has 1 amide bonds. The largest absolute Gasteiger partial charge is 0.466 e. The van der Waals surface area contributed by atoms with Gasteiger partial charge in [-0.3, -0.25) is 14.4 Å².